The average Bonchev–Trinajstić information content (AvgIpc) is 2.69. The van der Waals surface area contributed by atoms with Crippen LogP contribution in [0.25, 0.3) is 0 Å². The van der Waals surface area contributed by atoms with Crippen LogP contribution in [-0.2, 0) is 0 Å². The van der Waals surface area contributed by atoms with E-state index in [9.17, 15) is 13.2 Å². The molecule has 1 atom stereocenters. The van der Waals surface area contributed by atoms with Crippen LogP contribution in [0.5, 0.6) is 0 Å². The number of thiophene rings is 1. The van der Waals surface area contributed by atoms with E-state index in [2.05, 4.69) is 5.32 Å². The molecule has 15 heavy (non-hydrogen) atoms. The smallest absolute Gasteiger partial charge is 0.360 e. The van der Waals surface area contributed by atoms with E-state index in [4.69, 9.17) is 0 Å². The summed E-state index contributed by atoms with van der Waals surface area (Å²) in [5.74, 6) is 0. The third kappa shape index (κ3) is 2.43. The van der Waals surface area contributed by atoms with Crippen molar-refractivity contribution in [2.75, 3.05) is 24.5 Å². The molecule has 1 fully saturated rings. The Morgan fingerprint density at radius 2 is 2.27 bits per heavy atom. The van der Waals surface area contributed by atoms with E-state index in [1.165, 1.54) is 11.3 Å². The number of alkyl halides is 3. The molecule has 0 amide bonds. The second-order valence-electron chi connectivity index (χ2n) is 3.45. The summed E-state index contributed by atoms with van der Waals surface area (Å²) in [6.07, 6.45) is -4.16. The SMILES string of the molecule is FC(F)(F)C1CN(c2cccs2)CCN1. The molecule has 1 aromatic rings. The number of halogens is 3. The molecule has 0 aliphatic carbocycles. The molecule has 1 aliphatic heterocycles. The van der Waals surface area contributed by atoms with Gasteiger partial charge in [0.15, 0.2) is 0 Å². The van der Waals surface area contributed by atoms with Gasteiger partial charge in [-0.15, -0.1) is 11.3 Å². The van der Waals surface area contributed by atoms with E-state index in [0.717, 1.165) is 5.00 Å². The molecule has 1 aliphatic rings. The summed E-state index contributed by atoms with van der Waals surface area (Å²) < 4.78 is 37.4. The maximum atomic E-state index is 12.5. The first kappa shape index (κ1) is 10.8. The lowest BCUT2D eigenvalue weighted by atomic mass is 10.2. The Hall–Kier alpha value is -0.750. The number of nitrogens with one attached hydrogen (secondary N) is 1. The van der Waals surface area contributed by atoms with Crippen molar-refractivity contribution in [3.05, 3.63) is 17.5 Å². The van der Waals surface area contributed by atoms with Gasteiger partial charge in [0.25, 0.3) is 0 Å². The van der Waals surface area contributed by atoms with Gasteiger partial charge in [-0.05, 0) is 17.5 Å². The minimum Gasteiger partial charge on any atom is -0.360 e. The van der Waals surface area contributed by atoms with Gasteiger partial charge in [0, 0.05) is 19.6 Å². The third-order valence-corrected chi connectivity index (χ3v) is 3.32. The number of piperazine rings is 1. The van der Waals surface area contributed by atoms with Crippen molar-refractivity contribution in [3.63, 3.8) is 0 Å². The quantitative estimate of drug-likeness (QED) is 0.803. The predicted octanol–water partition coefficient (Wildman–Crippen LogP) is 2.09. The molecule has 0 saturated carbocycles. The van der Waals surface area contributed by atoms with Gasteiger partial charge in [-0.3, -0.25) is 0 Å². The second-order valence-corrected chi connectivity index (χ2v) is 4.37. The summed E-state index contributed by atoms with van der Waals surface area (Å²) in [6.45, 7) is 1.01. The Bertz CT molecular complexity index is 310. The molecule has 1 unspecified atom stereocenters. The van der Waals surface area contributed by atoms with Crippen molar-refractivity contribution in [1.82, 2.24) is 5.32 Å². The van der Waals surface area contributed by atoms with Gasteiger partial charge in [-0.1, -0.05) is 0 Å². The predicted molar refractivity (Wildman–Crippen MR) is 54.4 cm³/mol. The van der Waals surface area contributed by atoms with E-state index in [1.807, 2.05) is 17.5 Å². The van der Waals surface area contributed by atoms with E-state index in [0.29, 0.717) is 13.1 Å². The van der Waals surface area contributed by atoms with Gasteiger partial charge < -0.3 is 10.2 Å². The second kappa shape index (κ2) is 4.02. The van der Waals surface area contributed by atoms with Crippen LogP contribution in [-0.4, -0.2) is 31.9 Å². The minimum atomic E-state index is -4.16. The van der Waals surface area contributed by atoms with Crippen molar-refractivity contribution in [2.45, 2.75) is 12.2 Å². The van der Waals surface area contributed by atoms with Crippen LogP contribution in [0.2, 0.25) is 0 Å². The zero-order valence-electron chi connectivity index (χ0n) is 7.92. The van der Waals surface area contributed by atoms with Crippen molar-refractivity contribution in [3.8, 4) is 0 Å². The van der Waals surface area contributed by atoms with Crippen LogP contribution in [0, 0.1) is 0 Å². The maximum Gasteiger partial charge on any atom is 0.405 e. The Morgan fingerprint density at radius 1 is 1.47 bits per heavy atom. The number of hydrogen-bond donors (Lipinski definition) is 1. The number of rotatable bonds is 1. The Balaban J connectivity index is 2.05. The molecule has 1 saturated heterocycles. The van der Waals surface area contributed by atoms with Gasteiger partial charge in [-0.25, -0.2) is 0 Å². The molecular weight excluding hydrogens is 225 g/mol. The fraction of sp³-hybridized carbons (Fsp3) is 0.556. The lowest BCUT2D eigenvalue weighted by Gasteiger charge is -2.35. The lowest BCUT2D eigenvalue weighted by Crippen LogP contribution is -2.57. The highest BCUT2D eigenvalue weighted by molar-refractivity contribution is 7.14. The van der Waals surface area contributed by atoms with Gasteiger partial charge in [0.05, 0.1) is 5.00 Å². The molecule has 0 radical (unpaired) electrons. The summed E-state index contributed by atoms with van der Waals surface area (Å²) in [6, 6.07) is 2.29. The molecule has 1 N–H and O–H groups in total. The zero-order chi connectivity index (χ0) is 10.9. The van der Waals surface area contributed by atoms with Crippen molar-refractivity contribution < 1.29 is 13.2 Å². The molecular formula is C9H11F3N2S. The molecule has 2 rings (SSSR count). The minimum absolute atomic E-state index is 0.00398. The summed E-state index contributed by atoms with van der Waals surface area (Å²) >= 11 is 1.47. The van der Waals surface area contributed by atoms with E-state index >= 15 is 0 Å². The highest BCUT2D eigenvalue weighted by atomic mass is 32.1. The molecule has 84 valence electrons. The van der Waals surface area contributed by atoms with Crippen LogP contribution in [0.1, 0.15) is 0 Å². The van der Waals surface area contributed by atoms with Crippen LogP contribution < -0.4 is 10.2 Å². The summed E-state index contributed by atoms with van der Waals surface area (Å²) in [4.78, 5) is 1.78. The van der Waals surface area contributed by atoms with Gasteiger partial charge in [0.1, 0.15) is 6.04 Å². The normalized spacial score (nSPS) is 23.1. The molecule has 0 aromatic carbocycles. The van der Waals surface area contributed by atoms with E-state index in [1.54, 1.807) is 4.90 Å². The Labute approximate surface area is 89.7 Å². The first-order valence-electron chi connectivity index (χ1n) is 4.66. The molecule has 2 nitrogen and oxygen atoms in total. The van der Waals surface area contributed by atoms with Crippen molar-refractivity contribution in [1.29, 1.82) is 0 Å². The van der Waals surface area contributed by atoms with Crippen molar-refractivity contribution in [2.24, 2.45) is 0 Å². The van der Waals surface area contributed by atoms with Crippen LogP contribution in [0.4, 0.5) is 18.2 Å². The molecule has 0 bridgehead atoms. The number of hydrogen-bond acceptors (Lipinski definition) is 3. The summed E-state index contributed by atoms with van der Waals surface area (Å²) in [5.41, 5.74) is 0. The maximum absolute atomic E-state index is 12.5. The molecule has 1 aromatic heterocycles. The zero-order valence-corrected chi connectivity index (χ0v) is 8.74. The van der Waals surface area contributed by atoms with Gasteiger partial charge >= 0.3 is 6.18 Å². The Kier molecular flexibility index (Phi) is 2.88. The fourth-order valence-corrected chi connectivity index (χ4v) is 2.39. The van der Waals surface area contributed by atoms with Crippen molar-refractivity contribution >= 4 is 16.3 Å². The first-order chi connectivity index (χ1) is 7.07. The molecule has 6 heteroatoms. The topological polar surface area (TPSA) is 15.3 Å². The number of nitrogens with zero attached hydrogens (tertiary/aromatic N) is 1. The standard InChI is InChI=1S/C9H11F3N2S/c10-9(11,12)7-6-14(4-3-13-7)8-2-1-5-15-8/h1-2,5,7,13H,3-4,6H2. The van der Waals surface area contributed by atoms with Gasteiger partial charge in [0.2, 0.25) is 0 Å². The fourth-order valence-electron chi connectivity index (χ4n) is 1.62. The number of anilines is 1. The first-order valence-corrected chi connectivity index (χ1v) is 5.54. The molecule has 2 heterocycles. The Morgan fingerprint density at radius 3 is 2.87 bits per heavy atom. The van der Waals surface area contributed by atoms with Crippen LogP contribution >= 0.6 is 11.3 Å². The monoisotopic (exact) mass is 236 g/mol. The average molecular weight is 236 g/mol. The van der Waals surface area contributed by atoms with Gasteiger partial charge in [-0.2, -0.15) is 13.2 Å². The van der Waals surface area contributed by atoms with E-state index < -0.39 is 12.2 Å². The largest absolute Gasteiger partial charge is 0.405 e. The molecule has 0 spiro atoms. The summed E-state index contributed by atoms with van der Waals surface area (Å²) in [7, 11) is 0. The highest BCUT2D eigenvalue weighted by Gasteiger charge is 2.42. The summed E-state index contributed by atoms with van der Waals surface area (Å²) in [5, 5.41) is 5.27. The van der Waals surface area contributed by atoms with E-state index in [-0.39, 0.29) is 6.54 Å². The lowest BCUT2D eigenvalue weighted by molar-refractivity contribution is -0.155. The third-order valence-electron chi connectivity index (χ3n) is 2.39. The van der Waals surface area contributed by atoms with Crippen LogP contribution in [0.15, 0.2) is 17.5 Å². The van der Waals surface area contributed by atoms with Crippen LogP contribution in [0.3, 0.4) is 0 Å². The highest BCUT2D eigenvalue weighted by Crippen LogP contribution is 2.27.